The number of ether oxygens (including phenoxy) is 1. The lowest BCUT2D eigenvalue weighted by Crippen LogP contribution is -1.96. The predicted molar refractivity (Wildman–Crippen MR) is 58.0 cm³/mol. The van der Waals surface area contributed by atoms with Crippen LogP contribution in [0.3, 0.4) is 0 Å². The van der Waals surface area contributed by atoms with Crippen LogP contribution in [0.2, 0.25) is 0 Å². The molecule has 1 aliphatic rings. The smallest absolute Gasteiger partial charge is 0.217 e. The van der Waals surface area contributed by atoms with Gasteiger partial charge in [-0.05, 0) is 6.92 Å². The monoisotopic (exact) mass is 201 g/mol. The predicted octanol–water partition coefficient (Wildman–Crippen LogP) is 2.12. The fourth-order valence-electron chi connectivity index (χ4n) is 1.28. The maximum Gasteiger partial charge on any atom is 0.217 e. The number of benzene rings is 1. The molecule has 0 aliphatic carbocycles. The van der Waals surface area contributed by atoms with Crippen LogP contribution in [-0.4, -0.2) is 18.6 Å². The topological polar surface area (TPSA) is 38.7 Å². The third-order valence-electron chi connectivity index (χ3n) is 2.11. The largest absolute Gasteiger partial charge is 0.472 e. The normalized spacial score (nSPS) is 16.7. The van der Waals surface area contributed by atoms with E-state index in [0.717, 1.165) is 5.56 Å². The second-order valence-corrected chi connectivity index (χ2v) is 3.34. The van der Waals surface area contributed by atoms with Crippen molar-refractivity contribution in [3.05, 3.63) is 47.4 Å². The van der Waals surface area contributed by atoms with Gasteiger partial charge in [-0.2, -0.15) is 0 Å². The average Bonchev–Trinajstić information content (AvgIpc) is 2.71. The van der Waals surface area contributed by atoms with Crippen LogP contribution >= 0.6 is 0 Å². The minimum absolute atomic E-state index is 0.0796. The summed E-state index contributed by atoms with van der Waals surface area (Å²) in [5, 5.41) is 0. The highest BCUT2D eigenvalue weighted by Gasteiger charge is 2.07. The van der Waals surface area contributed by atoms with Crippen molar-refractivity contribution in [3.63, 3.8) is 0 Å². The molecule has 0 atom stereocenters. The van der Waals surface area contributed by atoms with E-state index in [4.69, 9.17) is 4.74 Å². The minimum atomic E-state index is -0.0796. The molecule has 0 saturated heterocycles. The summed E-state index contributed by atoms with van der Waals surface area (Å²) in [6, 6.07) is 7.41. The van der Waals surface area contributed by atoms with Gasteiger partial charge >= 0.3 is 0 Å². The van der Waals surface area contributed by atoms with Gasteiger partial charge in [0.25, 0.3) is 0 Å². The number of aryl methyl sites for hydroxylation is 1. The molecule has 3 nitrogen and oxygen atoms in total. The Morgan fingerprint density at radius 2 is 2.13 bits per heavy atom. The first kappa shape index (κ1) is 9.65. The summed E-state index contributed by atoms with van der Waals surface area (Å²) in [6.45, 7) is 2.43. The van der Waals surface area contributed by atoms with Gasteiger partial charge in [-0.1, -0.05) is 29.8 Å². The molecule has 0 amide bonds. The molecule has 0 saturated carbocycles. The average molecular weight is 201 g/mol. The fourth-order valence-corrected chi connectivity index (χ4v) is 1.28. The van der Waals surface area contributed by atoms with Gasteiger partial charge in [0.15, 0.2) is 5.78 Å². The molecule has 0 fully saturated rings. The quantitative estimate of drug-likeness (QED) is 0.543. The highest BCUT2D eigenvalue weighted by Crippen LogP contribution is 2.09. The summed E-state index contributed by atoms with van der Waals surface area (Å²) in [5.74, 6) is 0.310. The Kier molecular flexibility index (Phi) is 2.63. The lowest BCUT2D eigenvalue weighted by atomic mass is 10.1. The SMILES string of the molecule is Cc1ccc(C(=O)/C=C2/N=CCO2)cc1. The molecule has 1 aromatic carbocycles. The third-order valence-corrected chi connectivity index (χ3v) is 2.11. The Bertz CT molecular complexity index is 429. The molecule has 0 N–H and O–H groups in total. The molecular weight excluding hydrogens is 190 g/mol. The van der Waals surface area contributed by atoms with Crippen LogP contribution in [0.1, 0.15) is 15.9 Å². The molecule has 0 aromatic heterocycles. The van der Waals surface area contributed by atoms with E-state index >= 15 is 0 Å². The van der Waals surface area contributed by atoms with Gasteiger partial charge in [0.2, 0.25) is 5.88 Å². The summed E-state index contributed by atoms with van der Waals surface area (Å²) in [7, 11) is 0. The minimum Gasteiger partial charge on any atom is -0.472 e. The summed E-state index contributed by atoms with van der Waals surface area (Å²) in [5.41, 5.74) is 1.79. The zero-order chi connectivity index (χ0) is 10.7. The first-order valence-corrected chi connectivity index (χ1v) is 4.74. The Morgan fingerprint density at radius 1 is 1.40 bits per heavy atom. The second-order valence-electron chi connectivity index (χ2n) is 3.34. The van der Waals surface area contributed by atoms with Crippen LogP contribution < -0.4 is 0 Å². The molecule has 0 spiro atoms. The van der Waals surface area contributed by atoms with Crippen molar-refractivity contribution in [1.29, 1.82) is 0 Å². The van der Waals surface area contributed by atoms with Gasteiger partial charge in [-0.3, -0.25) is 4.79 Å². The highest BCUT2D eigenvalue weighted by atomic mass is 16.5. The number of aliphatic imine (C=N–C) groups is 1. The molecule has 0 unspecified atom stereocenters. The molecule has 0 radical (unpaired) electrons. The van der Waals surface area contributed by atoms with Gasteiger partial charge in [0.05, 0.1) is 0 Å². The van der Waals surface area contributed by atoms with E-state index in [9.17, 15) is 4.79 Å². The van der Waals surface area contributed by atoms with Crippen molar-refractivity contribution in [2.75, 3.05) is 6.61 Å². The number of ketones is 1. The number of carbonyl (C=O) groups excluding carboxylic acids is 1. The molecule has 3 heteroatoms. The number of nitrogens with zero attached hydrogens (tertiary/aromatic N) is 1. The maximum atomic E-state index is 11.7. The van der Waals surface area contributed by atoms with E-state index in [-0.39, 0.29) is 5.78 Å². The first-order valence-electron chi connectivity index (χ1n) is 4.74. The van der Waals surface area contributed by atoms with Gasteiger partial charge in [0.1, 0.15) is 6.61 Å². The summed E-state index contributed by atoms with van der Waals surface area (Å²) in [4.78, 5) is 15.6. The van der Waals surface area contributed by atoms with Crippen LogP contribution in [0, 0.1) is 6.92 Å². The van der Waals surface area contributed by atoms with Gasteiger partial charge < -0.3 is 4.74 Å². The van der Waals surface area contributed by atoms with Gasteiger partial charge in [-0.25, -0.2) is 4.99 Å². The van der Waals surface area contributed by atoms with E-state index in [1.165, 1.54) is 6.08 Å². The van der Waals surface area contributed by atoms with Crippen molar-refractivity contribution < 1.29 is 9.53 Å². The highest BCUT2D eigenvalue weighted by molar-refractivity contribution is 6.04. The third kappa shape index (κ3) is 2.31. The Hall–Kier alpha value is -1.90. The van der Waals surface area contributed by atoms with Crippen LogP contribution in [0.15, 0.2) is 41.2 Å². The van der Waals surface area contributed by atoms with Gasteiger partial charge in [0, 0.05) is 17.9 Å². The lowest BCUT2D eigenvalue weighted by molar-refractivity contribution is 0.104. The molecular formula is C12H11NO2. The maximum absolute atomic E-state index is 11.7. The van der Waals surface area contributed by atoms with E-state index in [1.807, 2.05) is 19.1 Å². The number of carbonyl (C=O) groups is 1. The fraction of sp³-hybridized carbons (Fsp3) is 0.167. The van der Waals surface area contributed by atoms with Crippen molar-refractivity contribution in [3.8, 4) is 0 Å². The Balaban J connectivity index is 2.17. The van der Waals surface area contributed by atoms with E-state index in [0.29, 0.717) is 18.1 Å². The molecule has 1 aromatic rings. The summed E-state index contributed by atoms with van der Waals surface area (Å²) >= 11 is 0. The molecule has 15 heavy (non-hydrogen) atoms. The van der Waals surface area contributed by atoms with Crippen molar-refractivity contribution in [2.24, 2.45) is 4.99 Å². The van der Waals surface area contributed by atoms with Gasteiger partial charge in [-0.15, -0.1) is 0 Å². The van der Waals surface area contributed by atoms with Crippen LogP contribution in [0.25, 0.3) is 0 Å². The van der Waals surface area contributed by atoms with Crippen LogP contribution in [0.4, 0.5) is 0 Å². The van der Waals surface area contributed by atoms with Crippen molar-refractivity contribution >= 4 is 12.0 Å². The number of rotatable bonds is 2. The Morgan fingerprint density at radius 3 is 2.73 bits per heavy atom. The summed E-state index contributed by atoms with van der Waals surface area (Å²) in [6.07, 6.45) is 3.04. The lowest BCUT2D eigenvalue weighted by Gasteiger charge is -1.98. The van der Waals surface area contributed by atoms with Crippen LogP contribution in [-0.2, 0) is 4.74 Å². The van der Waals surface area contributed by atoms with E-state index in [2.05, 4.69) is 4.99 Å². The molecule has 76 valence electrons. The van der Waals surface area contributed by atoms with Crippen molar-refractivity contribution in [2.45, 2.75) is 6.92 Å². The van der Waals surface area contributed by atoms with Crippen LogP contribution in [0.5, 0.6) is 0 Å². The van der Waals surface area contributed by atoms with E-state index < -0.39 is 0 Å². The number of hydrogen-bond donors (Lipinski definition) is 0. The van der Waals surface area contributed by atoms with Crippen molar-refractivity contribution in [1.82, 2.24) is 0 Å². The Labute approximate surface area is 88.1 Å². The second kappa shape index (κ2) is 4.09. The zero-order valence-corrected chi connectivity index (χ0v) is 8.43. The number of allylic oxidation sites excluding steroid dienone is 1. The molecule has 1 aliphatic heterocycles. The standard InChI is InChI=1S/C12H11NO2/c1-9-2-4-10(5-3-9)11(14)8-12-13-6-7-15-12/h2-6,8H,7H2,1H3/b12-8-. The molecule has 0 bridgehead atoms. The number of hydrogen-bond acceptors (Lipinski definition) is 3. The summed E-state index contributed by atoms with van der Waals surface area (Å²) < 4.78 is 5.09. The zero-order valence-electron chi connectivity index (χ0n) is 8.43. The first-order chi connectivity index (χ1) is 7.25. The van der Waals surface area contributed by atoms with E-state index in [1.54, 1.807) is 18.3 Å². The molecule has 2 rings (SSSR count). The molecule has 1 heterocycles.